The van der Waals surface area contributed by atoms with Crippen LogP contribution in [-0.4, -0.2) is 43.7 Å². The summed E-state index contributed by atoms with van der Waals surface area (Å²) in [5, 5.41) is 0. The van der Waals surface area contributed by atoms with E-state index in [1.807, 2.05) is 0 Å². The molecular formula is C14H27N3O. The highest BCUT2D eigenvalue weighted by molar-refractivity contribution is 5.78. The fourth-order valence-corrected chi connectivity index (χ4v) is 2.29. The van der Waals surface area contributed by atoms with Crippen molar-refractivity contribution in [3.8, 4) is 0 Å². The molecule has 0 aromatic carbocycles. The molecule has 2 rings (SSSR count). The lowest BCUT2D eigenvalue weighted by molar-refractivity contribution is 0.123. The topological polar surface area (TPSA) is 50.9 Å². The molecular weight excluding hydrogens is 226 g/mol. The van der Waals surface area contributed by atoms with Crippen molar-refractivity contribution in [2.24, 2.45) is 16.6 Å². The van der Waals surface area contributed by atoms with Gasteiger partial charge in [0.1, 0.15) is 0 Å². The first-order valence-corrected chi connectivity index (χ1v) is 7.49. The maximum Gasteiger partial charge on any atom is 0.191 e. The van der Waals surface area contributed by atoms with Crippen molar-refractivity contribution in [3.05, 3.63) is 0 Å². The Morgan fingerprint density at radius 2 is 1.89 bits per heavy atom. The van der Waals surface area contributed by atoms with Gasteiger partial charge in [-0.25, -0.2) is 0 Å². The maximum atomic E-state index is 6.03. The zero-order chi connectivity index (χ0) is 12.6. The molecule has 0 radical (unpaired) electrons. The van der Waals surface area contributed by atoms with Crippen LogP contribution in [0.15, 0.2) is 4.99 Å². The van der Waals surface area contributed by atoms with E-state index in [-0.39, 0.29) is 0 Å². The molecule has 0 atom stereocenters. The van der Waals surface area contributed by atoms with Crippen LogP contribution in [-0.2, 0) is 4.74 Å². The Kier molecular flexibility index (Phi) is 5.78. The van der Waals surface area contributed by atoms with Gasteiger partial charge in [-0.05, 0) is 38.0 Å². The molecule has 18 heavy (non-hydrogen) atoms. The normalized spacial score (nSPS) is 22.0. The fourth-order valence-electron chi connectivity index (χ4n) is 2.29. The summed E-state index contributed by atoms with van der Waals surface area (Å²) < 4.78 is 5.58. The second kappa shape index (κ2) is 7.62. The molecule has 104 valence electrons. The minimum Gasteiger partial charge on any atom is -0.381 e. The highest BCUT2D eigenvalue weighted by Gasteiger charge is 2.20. The predicted octanol–water partition coefficient (Wildman–Crippen LogP) is 1.99. The van der Waals surface area contributed by atoms with E-state index in [2.05, 4.69) is 9.89 Å². The van der Waals surface area contributed by atoms with Crippen molar-refractivity contribution < 1.29 is 4.74 Å². The molecule has 1 aliphatic heterocycles. The van der Waals surface area contributed by atoms with Crippen molar-refractivity contribution in [1.29, 1.82) is 0 Å². The summed E-state index contributed by atoms with van der Waals surface area (Å²) in [5.41, 5.74) is 6.03. The van der Waals surface area contributed by atoms with Gasteiger partial charge in [-0.2, -0.15) is 0 Å². The van der Waals surface area contributed by atoms with Crippen molar-refractivity contribution >= 4 is 5.96 Å². The zero-order valence-electron chi connectivity index (χ0n) is 11.4. The maximum absolute atomic E-state index is 6.03. The molecule has 0 aromatic heterocycles. The van der Waals surface area contributed by atoms with Crippen LogP contribution in [0.25, 0.3) is 0 Å². The third-order valence-corrected chi connectivity index (χ3v) is 3.70. The molecule has 1 saturated heterocycles. The SMILES string of the molecule is NC(=NCCCOCC1CC1)N1CCCCCC1. The van der Waals surface area contributed by atoms with Gasteiger partial charge >= 0.3 is 0 Å². The molecule has 1 saturated carbocycles. The Balaban J connectivity index is 1.55. The van der Waals surface area contributed by atoms with Crippen molar-refractivity contribution in [2.75, 3.05) is 32.8 Å². The average Bonchev–Trinajstić information content (AvgIpc) is 3.19. The van der Waals surface area contributed by atoms with E-state index in [9.17, 15) is 0 Å². The van der Waals surface area contributed by atoms with E-state index in [1.165, 1.54) is 38.5 Å². The number of ether oxygens (including phenoxy) is 1. The van der Waals surface area contributed by atoms with Gasteiger partial charge < -0.3 is 15.4 Å². The summed E-state index contributed by atoms with van der Waals surface area (Å²) in [5.74, 6) is 1.59. The van der Waals surface area contributed by atoms with Crippen LogP contribution < -0.4 is 5.73 Å². The summed E-state index contributed by atoms with van der Waals surface area (Å²) in [6.45, 7) is 4.73. The van der Waals surface area contributed by atoms with E-state index in [4.69, 9.17) is 10.5 Å². The van der Waals surface area contributed by atoms with E-state index in [0.717, 1.165) is 51.1 Å². The summed E-state index contributed by atoms with van der Waals surface area (Å²) in [6.07, 6.45) is 8.88. The van der Waals surface area contributed by atoms with Gasteiger partial charge in [-0.1, -0.05) is 12.8 Å². The lowest BCUT2D eigenvalue weighted by Gasteiger charge is -2.21. The van der Waals surface area contributed by atoms with Crippen molar-refractivity contribution in [3.63, 3.8) is 0 Å². The van der Waals surface area contributed by atoms with Crippen LogP contribution >= 0.6 is 0 Å². The van der Waals surface area contributed by atoms with Crippen LogP contribution in [0.4, 0.5) is 0 Å². The standard InChI is InChI=1S/C14H27N3O/c15-14(17-9-3-1-2-4-10-17)16-8-5-11-18-12-13-6-7-13/h13H,1-12H2,(H2,15,16). The number of hydrogen-bond acceptors (Lipinski definition) is 2. The molecule has 0 aromatic rings. The molecule has 2 fully saturated rings. The minimum absolute atomic E-state index is 0.735. The Labute approximate surface area is 111 Å². The summed E-state index contributed by atoms with van der Waals surface area (Å²) in [6, 6.07) is 0. The first-order chi connectivity index (χ1) is 8.86. The number of nitrogens with zero attached hydrogens (tertiary/aromatic N) is 2. The van der Waals surface area contributed by atoms with Crippen molar-refractivity contribution in [1.82, 2.24) is 4.90 Å². The third-order valence-electron chi connectivity index (χ3n) is 3.70. The minimum atomic E-state index is 0.735. The summed E-state index contributed by atoms with van der Waals surface area (Å²) >= 11 is 0. The average molecular weight is 253 g/mol. The highest BCUT2D eigenvalue weighted by Crippen LogP contribution is 2.28. The summed E-state index contributed by atoms with van der Waals surface area (Å²) in [7, 11) is 0. The number of guanidine groups is 1. The van der Waals surface area contributed by atoms with E-state index in [1.54, 1.807) is 0 Å². The first kappa shape index (κ1) is 13.7. The van der Waals surface area contributed by atoms with E-state index >= 15 is 0 Å². The van der Waals surface area contributed by atoms with Gasteiger partial charge in [0.15, 0.2) is 5.96 Å². The van der Waals surface area contributed by atoms with Gasteiger partial charge in [0.25, 0.3) is 0 Å². The number of likely N-dealkylation sites (tertiary alicyclic amines) is 1. The van der Waals surface area contributed by atoms with Gasteiger partial charge in [0.2, 0.25) is 0 Å². The lowest BCUT2D eigenvalue weighted by Crippen LogP contribution is -2.38. The molecule has 1 aliphatic carbocycles. The molecule has 0 unspecified atom stereocenters. The molecule has 4 heteroatoms. The number of nitrogens with two attached hydrogens (primary N) is 1. The van der Waals surface area contributed by atoms with Crippen LogP contribution in [0.1, 0.15) is 44.9 Å². The molecule has 0 bridgehead atoms. The van der Waals surface area contributed by atoms with Crippen LogP contribution in [0.3, 0.4) is 0 Å². The Morgan fingerprint density at radius 1 is 1.17 bits per heavy atom. The highest BCUT2D eigenvalue weighted by atomic mass is 16.5. The first-order valence-electron chi connectivity index (χ1n) is 7.49. The van der Waals surface area contributed by atoms with Gasteiger partial charge in [-0.15, -0.1) is 0 Å². The molecule has 1 heterocycles. The second-order valence-corrected chi connectivity index (χ2v) is 5.51. The Morgan fingerprint density at radius 3 is 2.56 bits per heavy atom. The smallest absolute Gasteiger partial charge is 0.191 e. The Hall–Kier alpha value is -0.770. The van der Waals surface area contributed by atoms with Crippen LogP contribution in [0.5, 0.6) is 0 Å². The van der Waals surface area contributed by atoms with Crippen LogP contribution in [0, 0.1) is 5.92 Å². The van der Waals surface area contributed by atoms with Crippen molar-refractivity contribution in [2.45, 2.75) is 44.9 Å². The quantitative estimate of drug-likeness (QED) is 0.447. The van der Waals surface area contributed by atoms with Gasteiger partial charge in [-0.3, -0.25) is 4.99 Å². The Bertz CT molecular complexity index is 256. The van der Waals surface area contributed by atoms with Crippen LogP contribution in [0.2, 0.25) is 0 Å². The zero-order valence-corrected chi connectivity index (χ0v) is 11.4. The molecule has 2 N–H and O–H groups in total. The molecule has 0 spiro atoms. The monoisotopic (exact) mass is 253 g/mol. The van der Waals surface area contributed by atoms with E-state index in [0.29, 0.717) is 0 Å². The van der Waals surface area contributed by atoms with E-state index < -0.39 is 0 Å². The number of aliphatic imine (C=N–C) groups is 1. The predicted molar refractivity (Wildman–Crippen MR) is 74.7 cm³/mol. The lowest BCUT2D eigenvalue weighted by atomic mass is 10.2. The van der Waals surface area contributed by atoms with Gasteiger partial charge in [0, 0.05) is 32.8 Å². The van der Waals surface area contributed by atoms with Gasteiger partial charge in [0.05, 0.1) is 0 Å². The number of rotatable bonds is 6. The number of hydrogen-bond donors (Lipinski definition) is 1. The molecule has 0 amide bonds. The largest absolute Gasteiger partial charge is 0.381 e. The molecule has 4 nitrogen and oxygen atoms in total. The fraction of sp³-hybridized carbons (Fsp3) is 0.929. The second-order valence-electron chi connectivity index (χ2n) is 5.51. The molecule has 2 aliphatic rings. The third kappa shape index (κ3) is 5.25. The summed E-state index contributed by atoms with van der Waals surface area (Å²) in [4.78, 5) is 6.70.